The Morgan fingerprint density at radius 3 is 2.69 bits per heavy atom. The average Bonchev–Trinajstić information content (AvgIpc) is 3.22. The lowest BCUT2D eigenvalue weighted by Crippen LogP contribution is -2.31. The second-order valence-corrected chi connectivity index (χ2v) is 7.28. The standard InChI is InChI=1S/C20H21NO4S/c1-4-25-14-8-5-7-13(11-14)21-17(15-9-6-10-26-15)16(18(22)12(2)3)19(23)20(21)24/h5-12,17,23H,4H2,1-3H3. The molecule has 1 N–H and O–H groups in total. The Bertz CT molecular complexity index is 854. The van der Waals surface area contributed by atoms with Crippen LogP contribution in [0.1, 0.15) is 31.7 Å². The Morgan fingerprint density at radius 2 is 2.08 bits per heavy atom. The molecule has 1 aromatic carbocycles. The highest BCUT2D eigenvalue weighted by atomic mass is 32.1. The number of amides is 1. The van der Waals surface area contributed by atoms with Gasteiger partial charge in [-0.2, -0.15) is 0 Å². The number of rotatable bonds is 6. The molecule has 3 rings (SSSR count). The molecule has 1 aromatic heterocycles. The molecule has 136 valence electrons. The maximum Gasteiger partial charge on any atom is 0.294 e. The number of carbonyl (C=O) groups is 2. The molecule has 1 aliphatic heterocycles. The molecule has 26 heavy (non-hydrogen) atoms. The minimum Gasteiger partial charge on any atom is -0.503 e. The minimum absolute atomic E-state index is 0.161. The van der Waals surface area contributed by atoms with E-state index < -0.39 is 17.7 Å². The molecule has 6 heteroatoms. The topological polar surface area (TPSA) is 66.8 Å². The lowest BCUT2D eigenvalue weighted by atomic mass is 9.94. The summed E-state index contributed by atoms with van der Waals surface area (Å²) in [6.07, 6.45) is 0. The van der Waals surface area contributed by atoms with Crippen molar-refractivity contribution in [3.63, 3.8) is 0 Å². The van der Waals surface area contributed by atoms with Gasteiger partial charge in [-0.25, -0.2) is 0 Å². The number of anilines is 1. The van der Waals surface area contributed by atoms with Crippen LogP contribution in [0.2, 0.25) is 0 Å². The first-order chi connectivity index (χ1) is 12.5. The number of aliphatic hydroxyl groups is 1. The van der Waals surface area contributed by atoms with Crippen molar-refractivity contribution in [2.24, 2.45) is 5.92 Å². The first-order valence-corrected chi connectivity index (χ1v) is 9.40. The molecule has 1 aliphatic rings. The van der Waals surface area contributed by atoms with Crippen molar-refractivity contribution in [1.29, 1.82) is 0 Å². The number of hydrogen-bond acceptors (Lipinski definition) is 5. The third kappa shape index (κ3) is 3.12. The quantitative estimate of drug-likeness (QED) is 0.823. The molecule has 0 radical (unpaired) electrons. The fraction of sp³-hybridized carbons (Fsp3) is 0.300. The first kappa shape index (κ1) is 18.2. The molecule has 2 heterocycles. The van der Waals surface area contributed by atoms with Crippen LogP contribution < -0.4 is 9.64 Å². The molecule has 0 saturated carbocycles. The fourth-order valence-corrected chi connectivity index (χ4v) is 3.86. The number of Topliss-reactive ketones (excluding diaryl/α,β-unsaturated/α-hetero) is 1. The Hall–Kier alpha value is -2.60. The van der Waals surface area contributed by atoms with Gasteiger partial charge in [-0.3, -0.25) is 14.5 Å². The summed E-state index contributed by atoms with van der Waals surface area (Å²) in [7, 11) is 0. The fourth-order valence-electron chi connectivity index (χ4n) is 3.04. The van der Waals surface area contributed by atoms with E-state index in [0.29, 0.717) is 18.0 Å². The van der Waals surface area contributed by atoms with Gasteiger partial charge in [0.15, 0.2) is 11.5 Å². The summed E-state index contributed by atoms with van der Waals surface area (Å²) in [5, 5.41) is 12.4. The lowest BCUT2D eigenvalue weighted by molar-refractivity contribution is -0.119. The Kier molecular flexibility index (Phi) is 5.13. The van der Waals surface area contributed by atoms with E-state index >= 15 is 0 Å². The summed E-state index contributed by atoms with van der Waals surface area (Å²) in [6.45, 7) is 5.91. The molecule has 0 aliphatic carbocycles. The van der Waals surface area contributed by atoms with Crippen molar-refractivity contribution in [2.75, 3.05) is 11.5 Å². The second kappa shape index (κ2) is 7.33. The van der Waals surface area contributed by atoms with Crippen LogP contribution in [0.5, 0.6) is 5.75 Å². The van der Waals surface area contributed by atoms with Gasteiger partial charge in [0.2, 0.25) is 0 Å². The van der Waals surface area contributed by atoms with E-state index in [2.05, 4.69) is 0 Å². The van der Waals surface area contributed by atoms with Crippen LogP contribution in [-0.4, -0.2) is 23.4 Å². The number of thiophene rings is 1. The SMILES string of the molecule is CCOc1cccc(N2C(=O)C(O)=C(C(=O)C(C)C)C2c2cccs2)c1. The Balaban J connectivity index is 2.12. The molecule has 0 spiro atoms. The van der Waals surface area contributed by atoms with E-state index in [4.69, 9.17) is 4.74 Å². The maximum absolute atomic E-state index is 12.8. The molecule has 5 nitrogen and oxygen atoms in total. The van der Waals surface area contributed by atoms with Gasteiger partial charge >= 0.3 is 0 Å². The zero-order valence-electron chi connectivity index (χ0n) is 14.9. The van der Waals surface area contributed by atoms with Crippen molar-refractivity contribution >= 4 is 28.7 Å². The van der Waals surface area contributed by atoms with Crippen LogP contribution >= 0.6 is 11.3 Å². The van der Waals surface area contributed by atoms with Gasteiger partial charge in [-0.15, -0.1) is 11.3 Å². The number of nitrogens with zero attached hydrogens (tertiary/aromatic N) is 1. The van der Waals surface area contributed by atoms with Crippen molar-refractivity contribution in [1.82, 2.24) is 0 Å². The van der Waals surface area contributed by atoms with Gasteiger partial charge in [0.05, 0.1) is 12.2 Å². The van der Waals surface area contributed by atoms with Crippen molar-refractivity contribution in [3.05, 3.63) is 58.0 Å². The van der Waals surface area contributed by atoms with Crippen LogP contribution in [0.4, 0.5) is 5.69 Å². The number of aliphatic hydroxyl groups excluding tert-OH is 1. The van der Waals surface area contributed by atoms with E-state index in [-0.39, 0.29) is 17.3 Å². The molecule has 1 amide bonds. The van der Waals surface area contributed by atoms with Gasteiger partial charge in [-0.05, 0) is 30.5 Å². The number of ketones is 1. The third-order valence-corrected chi connectivity index (χ3v) is 5.14. The highest BCUT2D eigenvalue weighted by molar-refractivity contribution is 7.10. The smallest absolute Gasteiger partial charge is 0.294 e. The van der Waals surface area contributed by atoms with Crippen molar-refractivity contribution < 1.29 is 19.4 Å². The number of carbonyl (C=O) groups excluding carboxylic acids is 2. The van der Waals surface area contributed by atoms with Crippen LogP contribution in [0, 0.1) is 5.92 Å². The van der Waals surface area contributed by atoms with E-state index in [1.54, 1.807) is 38.1 Å². The highest BCUT2D eigenvalue weighted by Crippen LogP contribution is 2.43. The summed E-state index contributed by atoms with van der Waals surface area (Å²) < 4.78 is 5.53. The maximum atomic E-state index is 12.8. The monoisotopic (exact) mass is 371 g/mol. The number of benzene rings is 1. The van der Waals surface area contributed by atoms with Crippen LogP contribution in [0.15, 0.2) is 53.1 Å². The first-order valence-electron chi connectivity index (χ1n) is 8.52. The Labute approximate surface area is 156 Å². The molecular weight excluding hydrogens is 350 g/mol. The van der Waals surface area contributed by atoms with Crippen LogP contribution in [-0.2, 0) is 9.59 Å². The van der Waals surface area contributed by atoms with Crippen molar-refractivity contribution in [3.8, 4) is 5.75 Å². The molecule has 1 unspecified atom stereocenters. The summed E-state index contributed by atoms with van der Waals surface area (Å²) in [4.78, 5) is 27.9. The zero-order chi connectivity index (χ0) is 18.8. The van der Waals surface area contributed by atoms with Crippen LogP contribution in [0.3, 0.4) is 0 Å². The molecule has 0 fully saturated rings. The second-order valence-electron chi connectivity index (χ2n) is 6.30. The average molecular weight is 371 g/mol. The lowest BCUT2D eigenvalue weighted by Gasteiger charge is -2.26. The van der Waals surface area contributed by atoms with Gasteiger partial charge in [0.1, 0.15) is 11.8 Å². The van der Waals surface area contributed by atoms with Crippen molar-refractivity contribution in [2.45, 2.75) is 26.8 Å². The summed E-state index contributed by atoms with van der Waals surface area (Å²) in [6, 6.07) is 10.2. The predicted molar refractivity (Wildman–Crippen MR) is 102 cm³/mol. The summed E-state index contributed by atoms with van der Waals surface area (Å²) in [5.41, 5.74) is 0.742. The minimum atomic E-state index is -0.630. The van der Waals surface area contributed by atoms with E-state index in [1.807, 2.05) is 24.4 Å². The summed E-state index contributed by atoms with van der Waals surface area (Å²) in [5.74, 6) is -0.953. The molecule has 2 aromatic rings. The highest BCUT2D eigenvalue weighted by Gasteiger charge is 2.45. The van der Waals surface area contributed by atoms with E-state index in [0.717, 1.165) is 4.88 Å². The molecule has 0 saturated heterocycles. The number of hydrogen-bond donors (Lipinski definition) is 1. The molecule has 1 atom stereocenters. The zero-order valence-corrected chi connectivity index (χ0v) is 15.7. The molecule has 0 bridgehead atoms. The predicted octanol–water partition coefficient (Wildman–Crippen LogP) is 4.27. The van der Waals surface area contributed by atoms with Gasteiger partial charge in [0.25, 0.3) is 5.91 Å². The van der Waals surface area contributed by atoms with Gasteiger partial charge < -0.3 is 9.84 Å². The molecular formula is C20H21NO4S. The van der Waals surface area contributed by atoms with E-state index in [9.17, 15) is 14.7 Å². The van der Waals surface area contributed by atoms with Gasteiger partial charge in [0, 0.05) is 22.5 Å². The van der Waals surface area contributed by atoms with E-state index in [1.165, 1.54) is 16.2 Å². The summed E-state index contributed by atoms with van der Waals surface area (Å²) >= 11 is 1.45. The number of ether oxygens (including phenoxy) is 1. The third-order valence-electron chi connectivity index (χ3n) is 4.22. The van der Waals surface area contributed by atoms with Gasteiger partial charge in [-0.1, -0.05) is 26.0 Å². The largest absolute Gasteiger partial charge is 0.503 e. The Morgan fingerprint density at radius 1 is 1.31 bits per heavy atom. The normalized spacial score (nSPS) is 17.3. The van der Waals surface area contributed by atoms with Crippen LogP contribution in [0.25, 0.3) is 0 Å².